The summed E-state index contributed by atoms with van der Waals surface area (Å²) in [7, 11) is 1.74. The summed E-state index contributed by atoms with van der Waals surface area (Å²) in [5.41, 5.74) is 0.351. The van der Waals surface area contributed by atoms with Crippen molar-refractivity contribution in [2.45, 2.75) is 97.3 Å². The van der Waals surface area contributed by atoms with Gasteiger partial charge in [0.2, 0.25) is 0 Å². The first kappa shape index (κ1) is 28.9. The van der Waals surface area contributed by atoms with E-state index < -0.39 is 6.10 Å². The third-order valence-electron chi connectivity index (χ3n) is 7.12. The van der Waals surface area contributed by atoms with Crippen LogP contribution in [0.4, 0.5) is 4.39 Å². The van der Waals surface area contributed by atoms with Crippen LogP contribution in [-0.4, -0.2) is 86.4 Å². The third kappa shape index (κ3) is 7.68. The fourth-order valence-corrected chi connectivity index (χ4v) is 5.14. The monoisotopic (exact) mass is 519 g/mol. The van der Waals surface area contributed by atoms with Gasteiger partial charge in [0.15, 0.2) is 0 Å². The number of aliphatic hydroxyl groups excluding tert-OH is 1. The molecule has 1 N–H and O–H groups in total. The number of hydrazone groups is 1. The summed E-state index contributed by atoms with van der Waals surface area (Å²) < 4.78 is 23.0. The number of nitrogens with zero attached hydrogens (tertiary/aromatic N) is 7. The first-order chi connectivity index (χ1) is 17.6. The maximum atomic E-state index is 14.1. The van der Waals surface area contributed by atoms with Crippen molar-refractivity contribution in [2.75, 3.05) is 20.2 Å². The van der Waals surface area contributed by atoms with Gasteiger partial charge < -0.3 is 9.84 Å². The molecule has 37 heavy (non-hydrogen) atoms. The molecule has 1 aromatic rings. The smallest absolute Gasteiger partial charge is 0.347 e. The highest BCUT2D eigenvalue weighted by Gasteiger charge is 2.34. The lowest BCUT2D eigenvalue weighted by Gasteiger charge is -2.44. The van der Waals surface area contributed by atoms with Gasteiger partial charge in [-0.2, -0.15) is 10.2 Å². The molecule has 0 radical (unpaired) electrons. The number of piperidine rings is 1. The van der Waals surface area contributed by atoms with Crippen molar-refractivity contribution >= 4 is 12.6 Å². The van der Waals surface area contributed by atoms with Gasteiger partial charge in [-0.1, -0.05) is 19.1 Å². The average Bonchev–Trinajstić information content (AvgIpc) is 3.11. The van der Waals surface area contributed by atoms with Crippen molar-refractivity contribution in [3.8, 4) is 0 Å². The molecule has 4 atom stereocenters. The van der Waals surface area contributed by atoms with E-state index in [0.717, 1.165) is 25.7 Å². The zero-order valence-corrected chi connectivity index (χ0v) is 22.8. The highest BCUT2D eigenvalue weighted by atomic mass is 19.1. The second-order valence-electron chi connectivity index (χ2n) is 10.1. The molecule has 2 heterocycles. The lowest BCUT2D eigenvalue weighted by molar-refractivity contribution is -0.0473. The van der Waals surface area contributed by atoms with E-state index in [4.69, 9.17) is 4.74 Å². The number of aliphatic hydroxyl groups is 1. The molecule has 0 aromatic carbocycles. The van der Waals surface area contributed by atoms with E-state index in [1.807, 2.05) is 12.2 Å². The summed E-state index contributed by atoms with van der Waals surface area (Å²) >= 11 is 0. The molecule has 1 aliphatic carbocycles. The van der Waals surface area contributed by atoms with E-state index in [1.165, 1.54) is 9.25 Å². The maximum Gasteiger partial charge on any atom is 0.347 e. The first-order valence-electron chi connectivity index (χ1n) is 13.1. The number of aromatic nitrogens is 3. The number of aliphatic imine (C=N–C) groups is 1. The van der Waals surface area contributed by atoms with Crippen molar-refractivity contribution in [3.05, 3.63) is 39.9 Å². The number of ether oxygens (including phenoxy) is 1. The number of hydrogen-bond acceptors (Lipinski definition) is 7. The van der Waals surface area contributed by atoms with Crippen molar-refractivity contribution in [2.24, 2.45) is 10.1 Å². The maximum absolute atomic E-state index is 14.1. The number of hydrogen-bond donors (Lipinski definition) is 1. The standard InChI is InChI=1S/C26H42FN7O3/c1-7-22-13-24(37-16-21-10-8-9-11-25(21)27)12-18(2)32(22)14-23(35)15-34-26(36)33(20(4)30-34)17-31(6)29-19(3)28-5/h8,10,18,22-24,35H,5,7,9,11-17H2,1-4,6H3/b29-19-. The molecule has 3 rings (SSSR count). The number of allylic oxidation sites excluding steroid dienone is 2. The lowest BCUT2D eigenvalue weighted by atomic mass is 9.91. The molecular formula is C26H42FN7O3. The predicted octanol–water partition coefficient (Wildman–Crippen LogP) is 2.86. The van der Waals surface area contributed by atoms with E-state index in [9.17, 15) is 14.3 Å². The van der Waals surface area contributed by atoms with Gasteiger partial charge in [0, 0.05) is 37.7 Å². The number of β-amino-alcohol motifs (C(OH)–C–C–N with tert-alkyl or cyclic N) is 1. The number of likely N-dealkylation sites (tertiary alicyclic amines) is 1. The lowest BCUT2D eigenvalue weighted by Crippen LogP contribution is -2.53. The van der Waals surface area contributed by atoms with Gasteiger partial charge in [0.1, 0.15) is 24.2 Å². The van der Waals surface area contributed by atoms with Crippen molar-refractivity contribution < 1.29 is 14.2 Å². The Hall–Kier alpha value is -2.63. The Balaban J connectivity index is 1.58. The van der Waals surface area contributed by atoms with Gasteiger partial charge >= 0.3 is 5.69 Å². The number of halogens is 1. The van der Waals surface area contributed by atoms with Crippen LogP contribution in [-0.2, 0) is 18.0 Å². The van der Waals surface area contributed by atoms with Gasteiger partial charge in [-0.15, -0.1) is 0 Å². The van der Waals surface area contributed by atoms with E-state index in [2.05, 4.69) is 40.7 Å². The number of amidine groups is 1. The summed E-state index contributed by atoms with van der Waals surface area (Å²) in [4.78, 5) is 19.0. The molecule has 206 valence electrons. The molecule has 0 spiro atoms. The fourth-order valence-electron chi connectivity index (χ4n) is 5.14. The van der Waals surface area contributed by atoms with Gasteiger partial charge in [0.25, 0.3) is 0 Å². The van der Waals surface area contributed by atoms with Crippen LogP contribution in [0.25, 0.3) is 0 Å². The van der Waals surface area contributed by atoms with Crippen LogP contribution in [0.2, 0.25) is 0 Å². The van der Waals surface area contributed by atoms with Crippen LogP contribution < -0.4 is 5.69 Å². The Kier molecular flexibility index (Phi) is 10.4. The number of aryl methyl sites for hydroxylation is 1. The molecule has 0 bridgehead atoms. The van der Waals surface area contributed by atoms with E-state index in [0.29, 0.717) is 36.8 Å². The largest absolute Gasteiger partial charge is 0.390 e. The van der Waals surface area contributed by atoms with Gasteiger partial charge in [-0.25, -0.2) is 18.9 Å². The molecule has 4 unspecified atom stereocenters. The Morgan fingerprint density at radius 3 is 2.84 bits per heavy atom. The van der Waals surface area contributed by atoms with Crippen LogP contribution >= 0.6 is 0 Å². The molecule has 1 aromatic heterocycles. The average molecular weight is 520 g/mol. The van der Waals surface area contributed by atoms with Gasteiger partial charge in [-0.05, 0) is 53.2 Å². The minimum absolute atomic E-state index is 0.0458. The van der Waals surface area contributed by atoms with Crippen LogP contribution in [0.1, 0.15) is 58.7 Å². The minimum Gasteiger partial charge on any atom is -0.390 e. The molecule has 10 nitrogen and oxygen atoms in total. The third-order valence-corrected chi connectivity index (χ3v) is 7.12. The van der Waals surface area contributed by atoms with Crippen LogP contribution in [0.15, 0.2) is 38.4 Å². The Morgan fingerprint density at radius 2 is 2.16 bits per heavy atom. The first-order valence-corrected chi connectivity index (χ1v) is 13.1. The van der Waals surface area contributed by atoms with Crippen molar-refractivity contribution in [3.63, 3.8) is 0 Å². The van der Waals surface area contributed by atoms with E-state index >= 15 is 0 Å². The zero-order valence-electron chi connectivity index (χ0n) is 22.8. The normalized spacial score (nSPS) is 24.0. The second kappa shape index (κ2) is 13.3. The molecule has 0 amide bonds. The summed E-state index contributed by atoms with van der Waals surface area (Å²) in [5, 5.41) is 21.1. The van der Waals surface area contributed by atoms with Crippen molar-refractivity contribution in [1.29, 1.82) is 0 Å². The summed E-state index contributed by atoms with van der Waals surface area (Å²) in [6.07, 6.45) is 6.86. The molecule has 1 saturated heterocycles. The number of rotatable bonds is 11. The van der Waals surface area contributed by atoms with Gasteiger partial charge in [-0.3, -0.25) is 14.5 Å². The molecule has 2 aliphatic rings. The fraction of sp³-hybridized carbons (Fsp3) is 0.692. The highest BCUT2D eigenvalue weighted by molar-refractivity contribution is 5.83. The highest BCUT2D eigenvalue weighted by Crippen LogP contribution is 2.29. The zero-order chi connectivity index (χ0) is 27.1. The van der Waals surface area contributed by atoms with Crippen molar-refractivity contribution in [1.82, 2.24) is 24.3 Å². The quantitative estimate of drug-likeness (QED) is 0.274. The Labute approximate surface area is 218 Å². The Bertz CT molecular complexity index is 1080. The van der Waals surface area contributed by atoms with E-state index in [-0.39, 0.29) is 42.9 Å². The topological polar surface area (TPSA) is 100 Å². The van der Waals surface area contributed by atoms with Crippen LogP contribution in [0.5, 0.6) is 0 Å². The van der Waals surface area contributed by atoms with Crippen LogP contribution in [0.3, 0.4) is 0 Å². The predicted molar refractivity (Wildman–Crippen MR) is 143 cm³/mol. The summed E-state index contributed by atoms with van der Waals surface area (Å²) in [5.74, 6) is 0.972. The molecule has 1 aliphatic heterocycles. The minimum atomic E-state index is -0.760. The summed E-state index contributed by atoms with van der Waals surface area (Å²) in [6, 6.07) is 0.414. The molecular weight excluding hydrogens is 477 g/mol. The molecule has 11 heteroatoms. The SMILES string of the molecule is C=N/C(C)=N\N(C)Cn1c(C)nn(CC(O)CN2C(C)CC(OCC3=C(F)CCC=C3)CC2CC)c1=O. The Morgan fingerprint density at radius 1 is 1.41 bits per heavy atom. The van der Waals surface area contributed by atoms with Gasteiger partial charge in [0.05, 0.1) is 25.4 Å². The summed E-state index contributed by atoms with van der Waals surface area (Å²) in [6.45, 7) is 12.2. The van der Waals surface area contributed by atoms with Crippen LogP contribution in [0, 0.1) is 6.92 Å². The molecule has 1 fully saturated rings. The molecule has 0 saturated carbocycles. The second-order valence-corrected chi connectivity index (χ2v) is 10.1. The van der Waals surface area contributed by atoms with E-state index in [1.54, 1.807) is 25.9 Å².